The lowest BCUT2D eigenvalue weighted by Gasteiger charge is -2.17. The summed E-state index contributed by atoms with van der Waals surface area (Å²) in [4.78, 5) is 91.6. The molecule has 7 N–H and O–H groups in total. The molecule has 0 unspecified atom stereocenters. The first-order valence-corrected chi connectivity index (χ1v) is 28.7. The number of carbonyl (C=O) groups excluding carboxylic acids is 4. The maximum Gasteiger partial charge on any atom is 0.253 e. The van der Waals surface area contributed by atoms with Crippen LogP contribution < -0.4 is 16.0 Å². The Hall–Kier alpha value is -10.6. The number of aromatic nitrogens is 8. The number of fused-ring (bicyclic) bond motifs is 4. The van der Waals surface area contributed by atoms with Crippen molar-refractivity contribution in [2.45, 2.75) is 12.5 Å². The molecule has 13 rings (SSSR count). The number of nitrogens with one attached hydrogen (secondary N) is 7. The number of nitrogens with zero attached hydrogens (tertiary/aromatic N) is 7. The Morgan fingerprint density at radius 2 is 0.721 bits per heavy atom. The number of benzene rings is 8. The molecular weight excluding hydrogens is 1080 g/mol. The van der Waals surface area contributed by atoms with E-state index in [4.69, 9.17) is 19.9 Å². The van der Waals surface area contributed by atoms with Crippen molar-refractivity contribution in [3.8, 4) is 67.8 Å². The smallest absolute Gasteiger partial charge is 0.253 e. The first-order valence-electron chi connectivity index (χ1n) is 28.7. The molecule has 5 heterocycles. The van der Waals surface area contributed by atoms with E-state index in [1.165, 1.54) is 0 Å². The van der Waals surface area contributed by atoms with Crippen LogP contribution in [0.1, 0.15) is 47.9 Å². The zero-order valence-electron chi connectivity index (χ0n) is 48.0. The predicted molar refractivity (Wildman–Crippen MR) is 338 cm³/mol. The highest BCUT2D eigenvalue weighted by Gasteiger charge is 2.29. The van der Waals surface area contributed by atoms with Gasteiger partial charge in [0.25, 0.3) is 23.6 Å². The standard InChI is InChI=1S/C68H62N14O4/c1-80(2)33-30-69-65(83)44-13-5-40(6-14-44)61-72-53-25-21-48(35-57(53)76-61)50-23-27-55-59(37-50)78-63(74-55)42-9-17-46(18-10-42)67(85)71-52-29-32-82(39-52)68(86)47-19-11-43(12-20-47)64-75-56-28-24-51(38-60(56)79-64)49-22-26-54-58(36-49)77-62(73-54)41-7-15-45(16-8-41)66(84)70-31-34-81(3)4/h5-28,35-38,52H,29-34,39H2,1-4H3,(H,69,83)(H,70,84)(H,71,85)(H,72,76)(H,73,77)(H,74,78)(H,75,79)/t52-/m0/s1. The fraction of sp³-hybridized carbons (Fsp3) is 0.176. The molecular formula is C68H62N14O4. The van der Waals surface area contributed by atoms with Gasteiger partial charge in [0, 0.05) is 89.8 Å². The van der Waals surface area contributed by atoms with Crippen molar-refractivity contribution in [3.05, 3.63) is 192 Å². The van der Waals surface area contributed by atoms with Gasteiger partial charge >= 0.3 is 0 Å². The highest BCUT2D eigenvalue weighted by Crippen LogP contribution is 2.32. The van der Waals surface area contributed by atoms with Crippen LogP contribution in [-0.2, 0) is 0 Å². The first kappa shape index (κ1) is 54.7. The van der Waals surface area contributed by atoms with Crippen molar-refractivity contribution in [2.75, 3.05) is 67.5 Å². The number of hydrogen-bond donors (Lipinski definition) is 7. The number of hydrogen-bond acceptors (Lipinski definition) is 10. The van der Waals surface area contributed by atoms with E-state index in [1.807, 2.05) is 147 Å². The molecule has 1 aliphatic heterocycles. The van der Waals surface area contributed by atoms with E-state index >= 15 is 0 Å². The highest BCUT2D eigenvalue weighted by atomic mass is 16.2. The maximum absolute atomic E-state index is 13.8. The molecule has 1 fully saturated rings. The fourth-order valence-electron chi connectivity index (χ4n) is 10.9. The van der Waals surface area contributed by atoms with Gasteiger partial charge in [-0.1, -0.05) is 72.8 Å². The van der Waals surface area contributed by atoms with Gasteiger partial charge in [-0.2, -0.15) is 0 Å². The summed E-state index contributed by atoms with van der Waals surface area (Å²) in [6, 6.07) is 54.1. The van der Waals surface area contributed by atoms with E-state index in [1.54, 1.807) is 17.0 Å². The predicted octanol–water partition coefficient (Wildman–Crippen LogP) is 10.4. The molecule has 8 aromatic carbocycles. The number of carbonyl (C=O) groups is 4. The Labute approximate surface area is 495 Å². The molecule has 0 saturated carbocycles. The summed E-state index contributed by atoms with van der Waals surface area (Å²) < 4.78 is 0. The number of amides is 4. The zero-order valence-corrected chi connectivity index (χ0v) is 48.0. The molecule has 12 aromatic rings. The lowest BCUT2D eigenvalue weighted by Crippen LogP contribution is -2.38. The Balaban J connectivity index is 0.600. The van der Waals surface area contributed by atoms with E-state index in [0.717, 1.165) is 113 Å². The van der Waals surface area contributed by atoms with Crippen molar-refractivity contribution in [1.29, 1.82) is 0 Å². The Kier molecular flexibility index (Phi) is 14.8. The third kappa shape index (κ3) is 11.6. The molecule has 4 amide bonds. The molecule has 86 heavy (non-hydrogen) atoms. The van der Waals surface area contributed by atoms with Crippen LogP contribution in [0.4, 0.5) is 0 Å². The van der Waals surface area contributed by atoms with E-state index in [9.17, 15) is 19.2 Å². The zero-order chi connectivity index (χ0) is 59.0. The van der Waals surface area contributed by atoms with Crippen LogP contribution in [0.25, 0.3) is 112 Å². The minimum absolute atomic E-state index is 0.0915. The van der Waals surface area contributed by atoms with Crippen LogP contribution in [0, 0.1) is 0 Å². The third-order valence-corrected chi connectivity index (χ3v) is 15.8. The Morgan fingerprint density at radius 1 is 0.419 bits per heavy atom. The lowest BCUT2D eigenvalue weighted by molar-refractivity contribution is 0.0782. The SMILES string of the molecule is CN(C)CCNC(=O)c1ccc(-c2nc3ccc(-c4ccc5nc(-c6ccc(C(=O)N[C@H]7CCN(C(=O)c8ccc(-c9nc%10ccc(-c%11ccc%12nc(-c%13ccc(C(=O)NCCN(C)C)cc%13)[nH]c%12c%11)cc%10[nH]9)cc8)C7)cc6)[nH]c5c4)cc3[nH]2)cc1. The number of rotatable bonds is 17. The third-order valence-electron chi connectivity index (χ3n) is 15.8. The molecule has 0 radical (unpaired) electrons. The minimum atomic E-state index is -0.200. The van der Waals surface area contributed by atoms with E-state index in [0.29, 0.717) is 66.5 Å². The van der Waals surface area contributed by atoms with Crippen molar-refractivity contribution in [3.63, 3.8) is 0 Å². The summed E-state index contributed by atoms with van der Waals surface area (Å²) >= 11 is 0. The lowest BCUT2D eigenvalue weighted by atomic mass is 10.0. The maximum atomic E-state index is 13.8. The van der Waals surface area contributed by atoms with Crippen LogP contribution in [0.3, 0.4) is 0 Å². The second-order valence-corrected chi connectivity index (χ2v) is 22.4. The summed E-state index contributed by atoms with van der Waals surface area (Å²) in [5, 5.41) is 9.05. The second-order valence-electron chi connectivity index (χ2n) is 22.4. The molecule has 18 heteroatoms. The van der Waals surface area contributed by atoms with Gasteiger partial charge in [-0.3, -0.25) is 19.2 Å². The molecule has 0 aliphatic carbocycles. The molecule has 1 aliphatic rings. The van der Waals surface area contributed by atoms with E-state index in [2.05, 4.69) is 84.4 Å². The summed E-state index contributed by atoms with van der Waals surface area (Å²) in [6.07, 6.45) is 0.645. The summed E-state index contributed by atoms with van der Waals surface area (Å²) in [5.41, 5.74) is 16.7. The first-order chi connectivity index (χ1) is 41.8. The van der Waals surface area contributed by atoms with Crippen molar-refractivity contribution in [1.82, 2.24) is 70.5 Å². The van der Waals surface area contributed by atoms with Gasteiger partial charge < -0.3 is 50.6 Å². The van der Waals surface area contributed by atoms with Gasteiger partial charge in [-0.15, -0.1) is 0 Å². The minimum Gasteiger partial charge on any atom is -0.351 e. The van der Waals surface area contributed by atoms with Crippen molar-refractivity contribution >= 4 is 67.8 Å². The number of H-pyrrole nitrogens is 4. The van der Waals surface area contributed by atoms with Gasteiger partial charge in [0.05, 0.1) is 44.1 Å². The molecule has 18 nitrogen and oxygen atoms in total. The quantitative estimate of drug-likeness (QED) is 0.0456. The number of likely N-dealkylation sites (N-methyl/N-ethyl adjacent to an activating group) is 2. The molecule has 1 saturated heterocycles. The molecule has 1 atom stereocenters. The van der Waals surface area contributed by atoms with Gasteiger partial charge in [0.1, 0.15) is 23.3 Å². The van der Waals surface area contributed by atoms with E-state index < -0.39 is 0 Å². The molecule has 428 valence electrons. The van der Waals surface area contributed by atoms with Crippen LogP contribution in [0.15, 0.2) is 170 Å². The molecule has 4 aromatic heterocycles. The van der Waals surface area contributed by atoms with Crippen LogP contribution in [0.2, 0.25) is 0 Å². The number of imidazole rings is 4. The fourth-order valence-corrected chi connectivity index (χ4v) is 10.9. The Bertz CT molecular complexity index is 4520. The summed E-state index contributed by atoms with van der Waals surface area (Å²) in [7, 11) is 7.89. The normalized spacial score (nSPS) is 13.4. The van der Waals surface area contributed by atoms with Crippen LogP contribution in [0.5, 0.6) is 0 Å². The van der Waals surface area contributed by atoms with Gasteiger partial charge in [0.15, 0.2) is 0 Å². The number of aromatic amines is 4. The Morgan fingerprint density at radius 3 is 1.05 bits per heavy atom. The molecule has 0 spiro atoms. The van der Waals surface area contributed by atoms with Gasteiger partial charge in [0.2, 0.25) is 0 Å². The summed E-state index contributed by atoms with van der Waals surface area (Å²) in [6.45, 7) is 3.63. The topological polar surface area (TPSA) is 229 Å². The monoisotopic (exact) mass is 1140 g/mol. The average molecular weight is 1140 g/mol. The summed E-state index contributed by atoms with van der Waals surface area (Å²) in [5.74, 6) is 2.34. The highest BCUT2D eigenvalue weighted by molar-refractivity contribution is 5.98. The largest absolute Gasteiger partial charge is 0.351 e. The number of likely N-dealkylation sites (tertiary alicyclic amines) is 1. The van der Waals surface area contributed by atoms with Gasteiger partial charge in [-0.25, -0.2) is 19.9 Å². The van der Waals surface area contributed by atoms with Crippen LogP contribution >= 0.6 is 0 Å². The van der Waals surface area contributed by atoms with Gasteiger partial charge in [-0.05, 0) is 154 Å². The van der Waals surface area contributed by atoms with Crippen molar-refractivity contribution < 1.29 is 19.2 Å². The van der Waals surface area contributed by atoms with Crippen molar-refractivity contribution in [2.24, 2.45) is 0 Å². The van der Waals surface area contributed by atoms with Crippen LogP contribution in [-0.4, -0.2) is 152 Å². The van der Waals surface area contributed by atoms with E-state index in [-0.39, 0.29) is 29.7 Å². The average Bonchev–Trinajstić information content (AvgIpc) is 3.15. The molecule has 0 bridgehead atoms. The second kappa shape index (κ2) is 23.2.